The van der Waals surface area contributed by atoms with E-state index in [1.165, 1.54) is 23.6 Å². The highest BCUT2D eigenvalue weighted by Crippen LogP contribution is 2.34. The largest absolute Gasteiger partial charge is 0.506 e. The van der Waals surface area contributed by atoms with E-state index in [1.807, 2.05) is 37.3 Å². The number of aliphatic hydroxyl groups excluding tert-OH is 1. The normalized spacial score (nSPS) is 12.1. The number of fused-ring (bicyclic) bond motifs is 1. The summed E-state index contributed by atoms with van der Waals surface area (Å²) in [6, 6.07) is 15.1. The molecule has 0 amide bonds. The standard InChI is InChI=1S/C26H24FN3O3S/c1-15-21-16(2)28-29(4)25(21)30(14-18-10-12-19(27)13-11-18)26(33)22(15)23(32)24(17(3)31)34-20-8-6-5-7-9-20/h5-13,32H,14H2,1-4H3/b24-23-. The number of Topliss-reactive ketones (excluding diaryl/α,β-unsaturated/α-hetero) is 1. The molecule has 0 fully saturated rings. The van der Waals surface area contributed by atoms with Gasteiger partial charge in [-0.25, -0.2) is 4.39 Å². The number of hydrogen-bond acceptors (Lipinski definition) is 5. The lowest BCUT2D eigenvalue weighted by atomic mass is 10.0. The number of aliphatic hydroxyl groups is 1. The summed E-state index contributed by atoms with van der Waals surface area (Å²) in [4.78, 5) is 27.2. The molecule has 2 aromatic carbocycles. The minimum atomic E-state index is -0.456. The predicted octanol–water partition coefficient (Wildman–Crippen LogP) is 5.15. The first kappa shape index (κ1) is 23.5. The van der Waals surface area contributed by atoms with Gasteiger partial charge in [0, 0.05) is 17.3 Å². The molecular weight excluding hydrogens is 453 g/mol. The van der Waals surface area contributed by atoms with Crippen LogP contribution in [0.15, 0.2) is 69.2 Å². The number of carbonyl (C=O) groups excluding carboxylic acids is 1. The predicted molar refractivity (Wildman–Crippen MR) is 132 cm³/mol. The summed E-state index contributed by atoms with van der Waals surface area (Å²) in [5.41, 5.74) is 2.14. The van der Waals surface area contributed by atoms with Crippen molar-refractivity contribution < 1.29 is 14.3 Å². The van der Waals surface area contributed by atoms with Gasteiger partial charge in [-0.3, -0.25) is 18.8 Å². The Labute approximate surface area is 200 Å². The van der Waals surface area contributed by atoms with Gasteiger partial charge in [-0.2, -0.15) is 5.10 Å². The highest BCUT2D eigenvalue weighted by molar-refractivity contribution is 8.04. The molecule has 1 N–H and O–H groups in total. The number of halogens is 1. The van der Waals surface area contributed by atoms with Gasteiger partial charge in [0.15, 0.2) is 5.78 Å². The lowest BCUT2D eigenvalue weighted by Crippen LogP contribution is -2.27. The Morgan fingerprint density at radius 1 is 1.09 bits per heavy atom. The number of thioether (sulfide) groups is 1. The molecule has 0 spiro atoms. The molecule has 8 heteroatoms. The first-order chi connectivity index (χ1) is 16.2. The van der Waals surface area contributed by atoms with Crippen LogP contribution >= 0.6 is 11.8 Å². The second-order valence-electron chi connectivity index (χ2n) is 8.07. The van der Waals surface area contributed by atoms with Crippen molar-refractivity contribution in [3.63, 3.8) is 0 Å². The SMILES string of the molecule is CC(=O)/C(Sc1ccccc1)=C(/O)c1c(C)c2c(C)nn(C)c2n(Cc2ccc(F)cc2)c1=O. The maximum atomic E-state index is 13.8. The highest BCUT2D eigenvalue weighted by Gasteiger charge is 2.25. The second kappa shape index (κ2) is 9.30. The molecular formula is C26H24FN3O3S. The van der Waals surface area contributed by atoms with Crippen molar-refractivity contribution in [3.8, 4) is 0 Å². The van der Waals surface area contributed by atoms with Crippen molar-refractivity contribution in [2.24, 2.45) is 7.05 Å². The number of aromatic nitrogens is 3. The van der Waals surface area contributed by atoms with E-state index >= 15 is 0 Å². The summed E-state index contributed by atoms with van der Waals surface area (Å²) >= 11 is 1.11. The lowest BCUT2D eigenvalue weighted by molar-refractivity contribution is -0.112. The molecule has 4 aromatic rings. The van der Waals surface area contributed by atoms with Crippen LogP contribution in [0.1, 0.15) is 29.3 Å². The molecule has 2 heterocycles. The highest BCUT2D eigenvalue weighted by atomic mass is 32.2. The number of carbonyl (C=O) groups is 1. The Balaban J connectivity index is 1.99. The third-order valence-corrected chi connectivity index (χ3v) is 6.84. The quantitative estimate of drug-likeness (QED) is 0.236. The van der Waals surface area contributed by atoms with E-state index in [-0.39, 0.29) is 34.4 Å². The number of aryl methyl sites for hydroxylation is 3. The van der Waals surface area contributed by atoms with E-state index in [1.54, 1.807) is 30.8 Å². The van der Waals surface area contributed by atoms with Crippen molar-refractivity contribution >= 4 is 34.3 Å². The summed E-state index contributed by atoms with van der Waals surface area (Å²) in [5, 5.41) is 16.5. The molecule has 0 aliphatic carbocycles. The molecule has 0 atom stereocenters. The summed E-state index contributed by atoms with van der Waals surface area (Å²) in [7, 11) is 1.75. The summed E-state index contributed by atoms with van der Waals surface area (Å²) in [6.07, 6.45) is 0. The number of allylic oxidation sites excluding steroid dienone is 1. The van der Waals surface area contributed by atoms with Crippen molar-refractivity contribution in [2.45, 2.75) is 32.2 Å². The fourth-order valence-electron chi connectivity index (χ4n) is 4.12. The molecule has 0 saturated heterocycles. The van der Waals surface area contributed by atoms with Crippen molar-refractivity contribution in [1.29, 1.82) is 0 Å². The summed E-state index contributed by atoms with van der Waals surface area (Å²) < 4.78 is 16.6. The summed E-state index contributed by atoms with van der Waals surface area (Å²) in [5.74, 6) is -1.08. The third kappa shape index (κ3) is 4.28. The molecule has 34 heavy (non-hydrogen) atoms. The number of benzene rings is 2. The fraction of sp³-hybridized carbons (Fsp3) is 0.192. The number of nitrogens with zero attached hydrogens (tertiary/aromatic N) is 3. The number of pyridine rings is 1. The van der Waals surface area contributed by atoms with Gasteiger partial charge >= 0.3 is 0 Å². The van der Waals surface area contributed by atoms with Crippen molar-refractivity contribution in [2.75, 3.05) is 0 Å². The van der Waals surface area contributed by atoms with Crippen LogP contribution in [-0.4, -0.2) is 25.2 Å². The van der Waals surface area contributed by atoms with E-state index in [0.717, 1.165) is 22.0 Å². The second-order valence-corrected chi connectivity index (χ2v) is 9.16. The number of rotatable bonds is 6. The van der Waals surface area contributed by atoms with Crippen LogP contribution in [0.3, 0.4) is 0 Å². The number of hydrogen-bond donors (Lipinski definition) is 1. The molecule has 0 aliphatic rings. The van der Waals surface area contributed by atoms with Crippen LogP contribution in [0.4, 0.5) is 4.39 Å². The molecule has 2 aromatic heterocycles. The first-order valence-corrected chi connectivity index (χ1v) is 11.5. The van der Waals surface area contributed by atoms with Gasteiger partial charge < -0.3 is 5.11 Å². The topological polar surface area (TPSA) is 77.1 Å². The number of ketones is 1. The Kier molecular flexibility index (Phi) is 6.43. The average Bonchev–Trinajstić information content (AvgIpc) is 3.10. The van der Waals surface area contributed by atoms with Gasteiger partial charge in [0.2, 0.25) is 0 Å². The monoisotopic (exact) mass is 477 g/mol. The Hall–Kier alpha value is -3.65. The fourth-order valence-corrected chi connectivity index (χ4v) is 4.99. The van der Waals surface area contributed by atoms with Gasteiger partial charge in [-0.15, -0.1) is 0 Å². The Morgan fingerprint density at radius 2 is 1.74 bits per heavy atom. The lowest BCUT2D eigenvalue weighted by Gasteiger charge is -2.16. The molecule has 174 valence electrons. The van der Waals surface area contributed by atoms with E-state index in [2.05, 4.69) is 5.10 Å². The molecule has 4 rings (SSSR count). The van der Waals surface area contributed by atoms with E-state index < -0.39 is 5.56 Å². The molecule has 6 nitrogen and oxygen atoms in total. The van der Waals surface area contributed by atoms with Crippen LogP contribution in [0.2, 0.25) is 0 Å². The van der Waals surface area contributed by atoms with Gasteiger partial charge in [0.25, 0.3) is 5.56 Å². The minimum Gasteiger partial charge on any atom is -0.506 e. The zero-order valence-electron chi connectivity index (χ0n) is 19.3. The van der Waals surface area contributed by atoms with E-state index in [4.69, 9.17) is 0 Å². The minimum absolute atomic E-state index is 0.0549. The van der Waals surface area contributed by atoms with Crippen LogP contribution in [0.5, 0.6) is 0 Å². The van der Waals surface area contributed by atoms with Crippen LogP contribution in [0, 0.1) is 19.7 Å². The molecule has 0 bridgehead atoms. The maximum Gasteiger partial charge on any atom is 0.263 e. The Morgan fingerprint density at radius 3 is 2.35 bits per heavy atom. The van der Waals surface area contributed by atoms with Crippen molar-refractivity contribution in [1.82, 2.24) is 14.3 Å². The zero-order chi connectivity index (χ0) is 24.6. The molecule has 0 saturated carbocycles. The maximum absolute atomic E-state index is 13.8. The molecule has 0 unspecified atom stereocenters. The average molecular weight is 478 g/mol. The van der Waals surface area contributed by atoms with E-state index in [0.29, 0.717) is 22.5 Å². The smallest absolute Gasteiger partial charge is 0.263 e. The first-order valence-electron chi connectivity index (χ1n) is 10.7. The van der Waals surface area contributed by atoms with Gasteiger partial charge in [-0.1, -0.05) is 42.1 Å². The van der Waals surface area contributed by atoms with Crippen molar-refractivity contribution in [3.05, 3.63) is 98.1 Å². The van der Waals surface area contributed by atoms with Crippen LogP contribution in [-0.2, 0) is 18.4 Å². The van der Waals surface area contributed by atoms with Gasteiger partial charge in [0.05, 0.1) is 22.7 Å². The summed E-state index contributed by atoms with van der Waals surface area (Å²) in [6.45, 7) is 5.09. The third-order valence-electron chi connectivity index (χ3n) is 5.65. The van der Waals surface area contributed by atoms with Crippen LogP contribution in [0.25, 0.3) is 16.8 Å². The van der Waals surface area contributed by atoms with Gasteiger partial charge in [-0.05, 0) is 56.2 Å². The zero-order valence-corrected chi connectivity index (χ0v) is 20.1. The van der Waals surface area contributed by atoms with Gasteiger partial charge in [0.1, 0.15) is 17.2 Å². The Bertz CT molecular complexity index is 1490. The molecule has 0 radical (unpaired) electrons. The molecule has 0 aliphatic heterocycles. The van der Waals surface area contributed by atoms with E-state index in [9.17, 15) is 19.1 Å². The van der Waals surface area contributed by atoms with Crippen LogP contribution < -0.4 is 5.56 Å².